The van der Waals surface area contributed by atoms with Gasteiger partial charge in [-0.2, -0.15) is 0 Å². The van der Waals surface area contributed by atoms with Crippen molar-refractivity contribution in [2.75, 3.05) is 19.6 Å². The van der Waals surface area contributed by atoms with E-state index in [0.717, 1.165) is 38.0 Å². The Morgan fingerprint density at radius 1 is 1.09 bits per heavy atom. The lowest BCUT2D eigenvalue weighted by molar-refractivity contribution is -0.0173. The smallest absolute Gasteiger partial charge is 0.103 e. The Hall–Kier alpha value is -1.01. The molecule has 1 fully saturated rings. The van der Waals surface area contributed by atoms with E-state index in [9.17, 15) is 5.11 Å². The summed E-state index contributed by atoms with van der Waals surface area (Å²) in [5.41, 5.74) is 0.243. The van der Waals surface area contributed by atoms with Gasteiger partial charge in [0.25, 0.3) is 0 Å². The molecule has 2 nitrogen and oxygen atoms in total. The highest BCUT2D eigenvalue weighted by Crippen LogP contribution is 2.42. The van der Waals surface area contributed by atoms with Gasteiger partial charge in [-0.1, -0.05) is 68.9 Å². The van der Waals surface area contributed by atoms with Crippen LogP contribution in [0.1, 0.15) is 51.5 Å². The fourth-order valence-electron chi connectivity index (χ4n) is 3.42. The molecule has 1 saturated carbocycles. The fraction of sp³-hybridized carbons (Fsp3) is 0.600. The van der Waals surface area contributed by atoms with E-state index in [1.165, 1.54) is 12.8 Å². The van der Waals surface area contributed by atoms with Crippen molar-refractivity contribution >= 4 is 12.4 Å². The summed E-state index contributed by atoms with van der Waals surface area (Å²) in [6, 6.07) is 10.1. The summed E-state index contributed by atoms with van der Waals surface area (Å²) >= 11 is 0. The first-order valence-electron chi connectivity index (χ1n) is 8.66. The Morgan fingerprint density at radius 2 is 1.70 bits per heavy atom. The number of benzene rings is 1. The van der Waals surface area contributed by atoms with Crippen LogP contribution in [0.4, 0.5) is 0 Å². The minimum absolute atomic E-state index is 0. The predicted molar refractivity (Wildman–Crippen MR) is 99.7 cm³/mol. The van der Waals surface area contributed by atoms with Gasteiger partial charge in [0.05, 0.1) is 6.54 Å². The molecule has 0 amide bonds. The molecule has 128 valence electrons. The van der Waals surface area contributed by atoms with E-state index in [1.807, 2.05) is 30.3 Å². The Labute approximate surface area is 147 Å². The molecule has 1 aliphatic carbocycles. The topological polar surface area (TPSA) is 23.5 Å². The van der Waals surface area contributed by atoms with Crippen molar-refractivity contribution in [3.63, 3.8) is 0 Å². The van der Waals surface area contributed by atoms with Crippen LogP contribution in [0, 0.1) is 17.8 Å². The van der Waals surface area contributed by atoms with E-state index in [2.05, 4.69) is 30.6 Å². The number of nitrogens with zero attached hydrogens (tertiary/aromatic N) is 1. The summed E-state index contributed by atoms with van der Waals surface area (Å²) in [6.45, 7) is 7.16. The van der Waals surface area contributed by atoms with Crippen LogP contribution >= 0.6 is 12.4 Å². The minimum atomic E-state index is -0.784. The van der Waals surface area contributed by atoms with E-state index in [0.29, 0.717) is 12.3 Å². The van der Waals surface area contributed by atoms with Gasteiger partial charge in [-0.15, -0.1) is 12.4 Å². The molecule has 0 heterocycles. The molecule has 1 aromatic rings. The molecular weight excluding hydrogens is 306 g/mol. The van der Waals surface area contributed by atoms with Gasteiger partial charge in [-0.25, -0.2) is 0 Å². The van der Waals surface area contributed by atoms with Gasteiger partial charge >= 0.3 is 0 Å². The predicted octanol–water partition coefficient (Wildman–Crippen LogP) is 4.22. The van der Waals surface area contributed by atoms with Crippen molar-refractivity contribution in [1.29, 1.82) is 0 Å². The minimum Gasteiger partial charge on any atom is -0.384 e. The fourth-order valence-corrected chi connectivity index (χ4v) is 3.42. The molecule has 0 aromatic heterocycles. The lowest BCUT2D eigenvalue weighted by atomic mass is 9.78. The second-order valence-electron chi connectivity index (χ2n) is 6.26. The van der Waals surface area contributed by atoms with Crippen molar-refractivity contribution in [3.05, 3.63) is 35.9 Å². The molecule has 1 unspecified atom stereocenters. The average molecular weight is 336 g/mol. The van der Waals surface area contributed by atoms with Gasteiger partial charge in [-0.3, -0.25) is 4.90 Å². The molecule has 1 N–H and O–H groups in total. The van der Waals surface area contributed by atoms with Crippen molar-refractivity contribution < 1.29 is 5.11 Å². The lowest BCUT2D eigenvalue weighted by Crippen LogP contribution is -2.33. The Morgan fingerprint density at radius 3 is 2.26 bits per heavy atom. The van der Waals surface area contributed by atoms with Gasteiger partial charge in [0.1, 0.15) is 5.60 Å². The maximum Gasteiger partial charge on any atom is 0.103 e. The van der Waals surface area contributed by atoms with Crippen LogP contribution < -0.4 is 0 Å². The molecule has 0 spiro atoms. The monoisotopic (exact) mass is 335 g/mol. The number of halogens is 1. The van der Waals surface area contributed by atoms with Crippen LogP contribution in [0.2, 0.25) is 0 Å². The molecule has 1 aromatic carbocycles. The van der Waals surface area contributed by atoms with Crippen LogP contribution in [-0.4, -0.2) is 29.6 Å². The van der Waals surface area contributed by atoms with Crippen molar-refractivity contribution in [2.24, 2.45) is 5.92 Å². The summed E-state index contributed by atoms with van der Waals surface area (Å²) in [6.07, 6.45) is 5.23. The van der Waals surface area contributed by atoms with Crippen molar-refractivity contribution in [1.82, 2.24) is 4.90 Å². The number of hydrogen-bond acceptors (Lipinski definition) is 2. The second-order valence-corrected chi connectivity index (χ2v) is 6.26. The lowest BCUT2D eigenvalue weighted by Gasteiger charge is -2.33. The molecule has 0 bridgehead atoms. The molecule has 2 rings (SSSR count). The van der Waals surface area contributed by atoms with Crippen LogP contribution in [0.3, 0.4) is 0 Å². The molecule has 0 radical (unpaired) electrons. The molecule has 23 heavy (non-hydrogen) atoms. The van der Waals surface area contributed by atoms with E-state index in [1.54, 1.807) is 0 Å². The third-order valence-electron chi connectivity index (χ3n) is 4.98. The molecule has 0 aliphatic heterocycles. The van der Waals surface area contributed by atoms with E-state index in [-0.39, 0.29) is 12.4 Å². The zero-order chi connectivity index (χ0) is 15.8. The highest BCUT2D eigenvalue weighted by Gasteiger charge is 2.39. The third-order valence-corrected chi connectivity index (χ3v) is 4.98. The van der Waals surface area contributed by atoms with Crippen molar-refractivity contribution in [3.8, 4) is 11.8 Å². The van der Waals surface area contributed by atoms with E-state index in [4.69, 9.17) is 0 Å². The SMILES string of the molecule is CCN(CC)CC#CCC(O)(c1ccccc1)C1CCCC1.Cl. The zero-order valence-corrected chi connectivity index (χ0v) is 15.2. The molecular formula is C20H30ClNO. The third kappa shape index (κ3) is 5.24. The first-order valence-corrected chi connectivity index (χ1v) is 8.66. The average Bonchev–Trinajstić information content (AvgIpc) is 3.11. The first-order chi connectivity index (χ1) is 10.7. The van der Waals surface area contributed by atoms with E-state index >= 15 is 0 Å². The first kappa shape index (κ1) is 20.0. The van der Waals surface area contributed by atoms with Gasteiger partial charge in [0.15, 0.2) is 0 Å². The molecule has 1 atom stereocenters. The molecule has 1 aliphatic rings. The Kier molecular flexibility index (Phi) is 8.69. The Balaban J connectivity index is 0.00000264. The highest BCUT2D eigenvalue weighted by atomic mass is 35.5. The number of aliphatic hydroxyl groups is 1. The summed E-state index contributed by atoms with van der Waals surface area (Å²) in [5.74, 6) is 6.86. The molecule has 0 saturated heterocycles. The normalized spacial score (nSPS) is 17.2. The van der Waals surface area contributed by atoms with Crippen molar-refractivity contribution in [2.45, 2.75) is 51.6 Å². The molecule has 3 heteroatoms. The van der Waals surface area contributed by atoms with Gasteiger partial charge in [0, 0.05) is 6.42 Å². The van der Waals surface area contributed by atoms with Gasteiger partial charge in [-0.05, 0) is 37.4 Å². The van der Waals surface area contributed by atoms with Crippen LogP contribution in [0.5, 0.6) is 0 Å². The number of hydrogen-bond donors (Lipinski definition) is 1. The maximum atomic E-state index is 11.3. The van der Waals surface area contributed by atoms with Crippen LogP contribution in [0.15, 0.2) is 30.3 Å². The summed E-state index contributed by atoms with van der Waals surface area (Å²) < 4.78 is 0. The second kappa shape index (κ2) is 9.98. The quantitative estimate of drug-likeness (QED) is 0.787. The Bertz CT molecular complexity index is 497. The highest BCUT2D eigenvalue weighted by molar-refractivity contribution is 5.85. The zero-order valence-electron chi connectivity index (χ0n) is 14.4. The van der Waals surface area contributed by atoms with Gasteiger partial charge < -0.3 is 5.11 Å². The van der Waals surface area contributed by atoms with E-state index < -0.39 is 5.60 Å². The number of rotatable bonds is 6. The van der Waals surface area contributed by atoms with Gasteiger partial charge in [0.2, 0.25) is 0 Å². The standard InChI is InChI=1S/C20H29NO.ClH/c1-3-21(4-2)17-11-10-16-20(22,19-14-8-9-15-19)18-12-6-5-7-13-18;/h5-7,12-13,19,22H,3-4,8-9,14-17H2,1-2H3;1H. The van der Waals surface area contributed by atoms with Crippen LogP contribution in [0.25, 0.3) is 0 Å². The summed E-state index contributed by atoms with van der Waals surface area (Å²) in [5, 5.41) is 11.3. The summed E-state index contributed by atoms with van der Waals surface area (Å²) in [7, 11) is 0. The summed E-state index contributed by atoms with van der Waals surface area (Å²) in [4.78, 5) is 2.30. The largest absolute Gasteiger partial charge is 0.384 e. The van der Waals surface area contributed by atoms with Crippen LogP contribution in [-0.2, 0) is 5.60 Å². The maximum absolute atomic E-state index is 11.3.